The maximum absolute atomic E-state index is 9.04. The largest absolute Gasteiger partial charge is 0.392 e. The molecule has 106 valence electrons. The van der Waals surface area contributed by atoms with E-state index in [0.29, 0.717) is 6.79 Å². The summed E-state index contributed by atoms with van der Waals surface area (Å²) in [6, 6.07) is 16.2. The van der Waals surface area contributed by atoms with Crippen molar-refractivity contribution in [2.75, 3.05) is 13.9 Å². The Bertz CT molecular complexity index is 517. The molecule has 1 atom stereocenters. The fourth-order valence-electron chi connectivity index (χ4n) is 2.02. The third-order valence-electron chi connectivity index (χ3n) is 3.29. The second-order valence-electron chi connectivity index (χ2n) is 4.69. The maximum Gasteiger partial charge on any atom is 0.147 e. The van der Waals surface area contributed by atoms with Gasteiger partial charge in [-0.1, -0.05) is 48.5 Å². The van der Waals surface area contributed by atoms with Crippen LogP contribution in [-0.2, 0) is 16.1 Å². The smallest absolute Gasteiger partial charge is 0.147 e. The minimum atomic E-state index is 0.0146. The molecule has 20 heavy (non-hydrogen) atoms. The van der Waals surface area contributed by atoms with E-state index in [1.165, 1.54) is 0 Å². The Morgan fingerprint density at radius 2 is 1.50 bits per heavy atom. The predicted octanol–water partition coefficient (Wildman–Crippen LogP) is 3.53. The van der Waals surface area contributed by atoms with Crippen molar-refractivity contribution >= 4 is 0 Å². The summed E-state index contributed by atoms with van der Waals surface area (Å²) in [5.74, 6) is 0. The molecule has 2 aromatic rings. The average Bonchev–Trinajstić information content (AvgIpc) is 2.53. The van der Waals surface area contributed by atoms with Crippen LogP contribution in [0.15, 0.2) is 48.5 Å². The highest BCUT2D eigenvalue weighted by molar-refractivity contribution is 5.64. The first-order valence-electron chi connectivity index (χ1n) is 6.65. The molecule has 0 spiro atoms. The van der Waals surface area contributed by atoms with Crippen LogP contribution in [0, 0.1) is 0 Å². The summed E-state index contributed by atoms with van der Waals surface area (Å²) in [4.78, 5) is 0. The van der Waals surface area contributed by atoms with Crippen LogP contribution in [0.4, 0.5) is 0 Å². The Hall–Kier alpha value is -1.68. The first-order valence-corrected chi connectivity index (χ1v) is 6.65. The Labute approximate surface area is 119 Å². The van der Waals surface area contributed by atoms with Gasteiger partial charge in [0.25, 0.3) is 0 Å². The van der Waals surface area contributed by atoms with E-state index in [1.54, 1.807) is 7.11 Å². The highest BCUT2D eigenvalue weighted by Gasteiger charge is 2.06. The normalized spacial score (nSPS) is 12.3. The Kier molecular flexibility index (Phi) is 5.30. The number of hydrogen-bond acceptors (Lipinski definition) is 3. The lowest BCUT2D eigenvalue weighted by Gasteiger charge is -2.13. The van der Waals surface area contributed by atoms with Gasteiger partial charge in [-0.15, -0.1) is 0 Å². The van der Waals surface area contributed by atoms with Gasteiger partial charge in [0, 0.05) is 7.11 Å². The molecule has 0 heterocycles. The van der Waals surface area contributed by atoms with Crippen LogP contribution in [-0.4, -0.2) is 19.0 Å². The molecular weight excluding hydrogens is 252 g/mol. The van der Waals surface area contributed by atoms with Crippen molar-refractivity contribution < 1.29 is 14.6 Å². The molecule has 0 amide bonds. The van der Waals surface area contributed by atoms with Gasteiger partial charge in [0.15, 0.2) is 0 Å². The van der Waals surface area contributed by atoms with Crippen LogP contribution in [0.3, 0.4) is 0 Å². The molecule has 3 nitrogen and oxygen atoms in total. The zero-order valence-electron chi connectivity index (χ0n) is 11.9. The minimum Gasteiger partial charge on any atom is -0.392 e. The monoisotopic (exact) mass is 272 g/mol. The molecule has 0 aliphatic heterocycles. The molecule has 3 heteroatoms. The van der Waals surface area contributed by atoms with Crippen LogP contribution < -0.4 is 0 Å². The van der Waals surface area contributed by atoms with E-state index in [-0.39, 0.29) is 12.7 Å². The SMILES string of the molecule is COCOC(C)c1ccc(-c2ccc(CO)cc2)cc1. The van der Waals surface area contributed by atoms with Gasteiger partial charge < -0.3 is 14.6 Å². The third kappa shape index (κ3) is 3.67. The fourth-order valence-corrected chi connectivity index (χ4v) is 2.02. The highest BCUT2D eigenvalue weighted by Crippen LogP contribution is 2.23. The van der Waals surface area contributed by atoms with Gasteiger partial charge in [0.1, 0.15) is 6.79 Å². The van der Waals surface area contributed by atoms with Gasteiger partial charge >= 0.3 is 0 Å². The molecule has 0 bridgehead atoms. The fraction of sp³-hybridized carbons (Fsp3) is 0.294. The van der Waals surface area contributed by atoms with Crippen molar-refractivity contribution in [3.05, 3.63) is 59.7 Å². The van der Waals surface area contributed by atoms with Gasteiger partial charge in [-0.2, -0.15) is 0 Å². The lowest BCUT2D eigenvalue weighted by molar-refractivity contribution is -0.0666. The molecule has 2 rings (SSSR count). The molecule has 0 aromatic heterocycles. The molecular formula is C17H20O3. The minimum absolute atomic E-state index is 0.0146. The number of rotatable bonds is 6. The topological polar surface area (TPSA) is 38.7 Å². The summed E-state index contributed by atoms with van der Waals surface area (Å²) in [6.07, 6.45) is 0.0146. The summed E-state index contributed by atoms with van der Waals surface area (Å²) >= 11 is 0. The van der Waals surface area contributed by atoms with E-state index < -0.39 is 0 Å². The van der Waals surface area contributed by atoms with Crippen molar-refractivity contribution in [1.82, 2.24) is 0 Å². The van der Waals surface area contributed by atoms with Crippen molar-refractivity contribution in [1.29, 1.82) is 0 Å². The number of aliphatic hydroxyl groups excluding tert-OH is 1. The number of hydrogen-bond donors (Lipinski definition) is 1. The molecule has 0 saturated carbocycles. The van der Waals surface area contributed by atoms with Crippen LogP contribution >= 0.6 is 0 Å². The first-order chi connectivity index (χ1) is 9.74. The van der Waals surface area contributed by atoms with E-state index in [1.807, 2.05) is 31.2 Å². The van der Waals surface area contributed by atoms with Crippen LogP contribution in [0.1, 0.15) is 24.2 Å². The lowest BCUT2D eigenvalue weighted by atomic mass is 10.0. The predicted molar refractivity (Wildman–Crippen MR) is 79.2 cm³/mol. The quantitative estimate of drug-likeness (QED) is 0.818. The molecule has 0 aliphatic rings. The van der Waals surface area contributed by atoms with Crippen molar-refractivity contribution in [2.45, 2.75) is 19.6 Å². The standard InChI is InChI=1S/C17H20O3/c1-13(20-12-19-2)15-7-9-17(10-8-15)16-5-3-14(11-18)4-6-16/h3-10,13,18H,11-12H2,1-2H3. The van der Waals surface area contributed by atoms with E-state index >= 15 is 0 Å². The highest BCUT2D eigenvalue weighted by atomic mass is 16.7. The van der Waals surface area contributed by atoms with Gasteiger partial charge in [-0.05, 0) is 29.2 Å². The maximum atomic E-state index is 9.04. The number of ether oxygens (including phenoxy) is 2. The molecule has 0 aliphatic carbocycles. The van der Waals surface area contributed by atoms with Crippen LogP contribution in [0.5, 0.6) is 0 Å². The zero-order chi connectivity index (χ0) is 14.4. The summed E-state index contributed by atoms with van der Waals surface area (Å²) in [6.45, 7) is 2.38. The van der Waals surface area contributed by atoms with Gasteiger partial charge in [-0.25, -0.2) is 0 Å². The molecule has 2 aromatic carbocycles. The van der Waals surface area contributed by atoms with E-state index in [4.69, 9.17) is 14.6 Å². The second kappa shape index (κ2) is 7.20. The third-order valence-corrected chi connectivity index (χ3v) is 3.29. The van der Waals surface area contributed by atoms with E-state index in [2.05, 4.69) is 24.3 Å². The summed E-state index contributed by atoms with van der Waals surface area (Å²) < 4.78 is 10.4. The lowest BCUT2D eigenvalue weighted by Crippen LogP contribution is -2.02. The molecule has 1 N–H and O–H groups in total. The average molecular weight is 272 g/mol. The van der Waals surface area contributed by atoms with Gasteiger partial charge in [-0.3, -0.25) is 0 Å². The molecule has 1 unspecified atom stereocenters. The second-order valence-corrected chi connectivity index (χ2v) is 4.69. The van der Waals surface area contributed by atoms with Crippen molar-refractivity contribution in [2.24, 2.45) is 0 Å². The van der Waals surface area contributed by atoms with Gasteiger partial charge in [0.2, 0.25) is 0 Å². The van der Waals surface area contributed by atoms with Gasteiger partial charge in [0.05, 0.1) is 12.7 Å². The van der Waals surface area contributed by atoms with Crippen LogP contribution in [0.25, 0.3) is 11.1 Å². The van der Waals surface area contributed by atoms with E-state index in [9.17, 15) is 0 Å². The number of methoxy groups -OCH3 is 1. The zero-order valence-corrected chi connectivity index (χ0v) is 11.9. The Morgan fingerprint density at radius 1 is 0.950 bits per heavy atom. The van der Waals surface area contributed by atoms with Crippen LogP contribution in [0.2, 0.25) is 0 Å². The summed E-state index contributed by atoms with van der Waals surface area (Å²) in [7, 11) is 1.62. The van der Waals surface area contributed by atoms with Crippen molar-refractivity contribution in [3.63, 3.8) is 0 Å². The molecule has 0 fully saturated rings. The molecule has 0 saturated heterocycles. The number of aliphatic hydroxyl groups is 1. The summed E-state index contributed by atoms with van der Waals surface area (Å²) in [5.41, 5.74) is 4.33. The van der Waals surface area contributed by atoms with Crippen molar-refractivity contribution in [3.8, 4) is 11.1 Å². The van der Waals surface area contributed by atoms with E-state index in [0.717, 1.165) is 22.3 Å². The summed E-state index contributed by atoms with van der Waals surface area (Å²) in [5, 5.41) is 9.04. The number of benzene rings is 2. The molecule has 0 radical (unpaired) electrons. The first kappa shape index (κ1) is 14.7. The Balaban J connectivity index is 2.10. The Morgan fingerprint density at radius 3 is 2.00 bits per heavy atom.